The summed E-state index contributed by atoms with van der Waals surface area (Å²) in [6, 6.07) is 7.14. The maximum atomic E-state index is 6.19. The van der Waals surface area contributed by atoms with Gasteiger partial charge >= 0.3 is 0 Å². The van der Waals surface area contributed by atoms with Crippen molar-refractivity contribution in [1.29, 1.82) is 0 Å². The predicted octanol–water partition coefficient (Wildman–Crippen LogP) is 3.61. The molecule has 0 amide bonds. The lowest BCUT2D eigenvalue weighted by Crippen LogP contribution is -2.40. The highest BCUT2D eigenvalue weighted by Crippen LogP contribution is 2.26. The molecule has 0 fully saturated rings. The summed E-state index contributed by atoms with van der Waals surface area (Å²) in [6.45, 7) is 11.7. The number of benzene rings is 1. The van der Waals surface area contributed by atoms with Crippen LogP contribution in [0.15, 0.2) is 18.2 Å². The van der Waals surface area contributed by atoms with Crippen molar-refractivity contribution in [1.82, 2.24) is 10.2 Å². The van der Waals surface area contributed by atoms with Crippen LogP contribution in [0.4, 0.5) is 5.69 Å². The van der Waals surface area contributed by atoms with Gasteiger partial charge in [-0.05, 0) is 51.7 Å². The van der Waals surface area contributed by atoms with E-state index in [1.54, 1.807) is 0 Å². The van der Waals surface area contributed by atoms with Gasteiger partial charge in [-0.3, -0.25) is 0 Å². The molecule has 0 saturated carbocycles. The van der Waals surface area contributed by atoms with E-state index in [9.17, 15) is 0 Å². The van der Waals surface area contributed by atoms with Crippen molar-refractivity contribution >= 4 is 17.3 Å². The molecule has 0 bridgehead atoms. The molecule has 1 atom stereocenters. The van der Waals surface area contributed by atoms with Crippen LogP contribution in [0, 0.1) is 0 Å². The third-order valence-electron chi connectivity index (χ3n) is 3.55. The predicted molar refractivity (Wildman–Crippen MR) is 94.5 cm³/mol. The van der Waals surface area contributed by atoms with E-state index in [-0.39, 0.29) is 0 Å². The van der Waals surface area contributed by atoms with Crippen LogP contribution >= 0.6 is 11.6 Å². The average Bonchev–Trinajstić information content (AvgIpc) is 2.38. The average molecular weight is 312 g/mol. The van der Waals surface area contributed by atoms with Crippen LogP contribution in [0.2, 0.25) is 5.02 Å². The molecule has 0 aliphatic rings. The molecule has 1 unspecified atom stereocenters. The van der Waals surface area contributed by atoms with E-state index < -0.39 is 0 Å². The van der Waals surface area contributed by atoms with Crippen LogP contribution in [0.5, 0.6) is 0 Å². The number of likely N-dealkylation sites (N-methyl/N-ethyl adjacent to an activating group) is 2. The normalized spacial score (nSPS) is 13.0. The Bertz CT molecular complexity index is 432. The SMILES string of the molecule is CCN(c1ccc(Cl)cc1CNC(C)C)C(C)CN(C)C. The number of nitrogens with one attached hydrogen (secondary N) is 1. The van der Waals surface area contributed by atoms with Gasteiger partial charge in [0.05, 0.1) is 0 Å². The quantitative estimate of drug-likeness (QED) is 0.791. The molecule has 3 nitrogen and oxygen atoms in total. The van der Waals surface area contributed by atoms with E-state index in [2.05, 4.69) is 69.0 Å². The topological polar surface area (TPSA) is 18.5 Å². The fraction of sp³-hybridized carbons (Fsp3) is 0.647. The number of anilines is 1. The van der Waals surface area contributed by atoms with Crippen molar-refractivity contribution < 1.29 is 0 Å². The number of hydrogen-bond acceptors (Lipinski definition) is 3. The molecule has 0 aromatic heterocycles. The summed E-state index contributed by atoms with van der Waals surface area (Å²) in [5, 5.41) is 4.29. The lowest BCUT2D eigenvalue weighted by Gasteiger charge is -2.34. The first-order valence-corrected chi connectivity index (χ1v) is 8.16. The Balaban J connectivity index is 3.01. The minimum absolute atomic E-state index is 0.462. The molecule has 0 radical (unpaired) electrons. The summed E-state index contributed by atoms with van der Waals surface area (Å²) in [4.78, 5) is 4.68. The van der Waals surface area contributed by atoms with Gasteiger partial charge in [0.1, 0.15) is 0 Å². The number of rotatable bonds is 8. The maximum absolute atomic E-state index is 6.19. The monoisotopic (exact) mass is 311 g/mol. The van der Waals surface area contributed by atoms with Crippen molar-refractivity contribution in [2.24, 2.45) is 0 Å². The Labute approximate surface area is 135 Å². The minimum Gasteiger partial charge on any atom is -0.368 e. The zero-order chi connectivity index (χ0) is 16.0. The first kappa shape index (κ1) is 18.3. The molecule has 1 aromatic rings. The molecule has 4 heteroatoms. The standard InChI is InChI=1S/C17H30ClN3/c1-7-21(14(4)12-20(5)6)17-9-8-16(18)10-15(17)11-19-13(2)3/h8-10,13-14,19H,7,11-12H2,1-6H3. The van der Waals surface area contributed by atoms with Crippen LogP contribution in [0.3, 0.4) is 0 Å². The van der Waals surface area contributed by atoms with Crippen molar-refractivity contribution in [3.05, 3.63) is 28.8 Å². The van der Waals surface area contributed by atoms with Crippen LogP contribution in [-0.2, 0) is 6.54 Å². The Hall–Kier alpha value is -0.770. The van der Waals surface area contributed by atoms with E-state index in [0.717, 1.165) is 24.7 Å². The van der Waals surface area contributed by atoms with Gasteiger partial charge in [0.25, 0.3) is 0 Å². The third kappa shape index (κ3) is 5.85. The summed E-state index contributed by atoms with van der Waals surface area (Å²) >= 11 is 6.19. The van der Waals surface area contributed by atoms with Gasteiger partial charge in [-0.15, -0.1) is 0 Å². The van der Waals surface area contributed by atoms with E-state index in [1.165, 1.54) is 11.3 Å². The number of halogens is 1. The van der Waals surface area contributed by atoms with E-state index >= 15 is 0 Å². The molecule has 1 rings (SSSR count). The Morgan fingerprint density at radius 1 is 1.19 bits per heavy atom. The largest absolute Gasteiger partial charge is 0.368 e. The minimum atomic E-state index is 0.462. The van der Waals surface area contributed by atoms with Gasteiger partial charge in [-0.1, -0.05) is 25.4 Å². The van der Waals surface area contributed by atoms with Gasteiger partial charge in [0, 0.05) is 42.4 Å². The Kier molecular flexibility index (Phi) is 7.50. The molecular weight excluding hydrogens is 282 g/mol. The summed E-state index contributed by atoms with van der Waals surface area (Å²) < 4.78 is 0. The highest BCUT2D eigenvalue weighted by molar-refractivity contribution is 6.30. The molecule has 1 aromatic carbocycles. The van der Waals surface area contributed by atoms with Crippen LogP contribution in [0.1, 0.15) is 33.3 Å². The highest BCUT2D eigenvalue weighted by atomic mass is 35.5. The molecule has 0 spiro atoms. The van der Waals surface area contributed by atoms with Gasteiger partial charge in [0.15, 0.2) is 0 Å². The Morgan fingerprint density at radius 3 is 2.38 bits per heavy atom. The van der Waals surface area contributed by atoms with Crippen LogP contribution < -0.4 is 10.2 Å². The van der Waals surface area contributed by atoms with Gasteiger partial charge in [-0.2, -0.15) is 0 Å². The molecule has 0 aliphatic carbocycles. The molecule has 0 aliphatic heterocycles. The zero-order valence-corrected chi connectivity index (χ0v) is 15.0. The van der Waals surface area contributed by atoms with Crippen LogP contribution in [0.25, 0.3) is 0 Å². The second kappa shape index (κ2) is 8.62. The second-order valence-electron chi connectivity index (χ2n) is 6.21. The molecular formula is C17H30ClN3. The van der Waals surface area contributed by atoms with E-state index in [0.29, 0.717) is 12.1 Å². The number of nitrogens with zero attached hydrogens (tertiary/aromatic N) is 2. The summed E-state index contributed by atoms with van der Waals surface area (Å²) in [6.07, 6.45) is 0. The maximum Gasteiger partial charge on any atom is 0.0415 e. The van der Waals surface area contributed by atoms with Gasteiger partial charge in [-0.25, -0.2) is 0 Å². The molecule has 0 saturated heterocycles. The van der Waals surface area contributed by atoms with Crippen molar-refractivity contribution in [2.75, 3.05) is 32.1 Å². The fourth-order valence-corrected chi connectivity index (χ4v) is 2.83. The summed E-state index contributed by atoms with van der Waals surface area (Å²) in [5.74, 6) is 0. The number of hydrogen-bond donors (Lipinski definition) is 1. The second-order valence-corrected chi connectivity index (χ2v) is 6.64. The molecule has 1 N–H and O–H groups in total. The van der Waals surface area contributed by atoms with E-state index in [4.69, 9.17) is 11.6 Å². The van der Waals surface area contributed by atoms with Crippen LogP contribution in [-0.4, -0.2) is 44.2 Å². The van der Waals surface area contributed by atoms with Gasteiger partial charge in [0.2, 0.25) is 0 Å². The third-order valence-corrected chi connectivity index (χ3v) is 3.79. The molecule has 120 valence electrons. The summed E-state index contributed by atoms with van der Waals surface area (Å²) in [7, 11) is 4.24. The lowest BCUT2D eigenvalue weighted by molar-refractivity contribution is 0.372. The Morgan fingerprint density at radius 2 is 1.86 bits per heavy atom. The first-order valence-electron chi connectivity index (χ1n) is 7.78. The fourth-order valence-electron chi connectivity index (χ4n) is 2.64. The highest BCUT2D eigenvalue weighted by Gasteiger charge is 2.17. The van der Waals surface area contributed by atoms with Gasteiger partial charge < -0.3 is 15.1 Å². The molecule has 21 heavy (non-hydrogen) atoms. The van der Waals surface area contributed by atoms with Crippen molar-refractivity contribution in [3.63, 3.8) is 0 Å². The summed E-state index contributed by atoms with van der Waals surface area (Å²) in [5.41, 5.74) is 2.55. The zero-order valence-electron chi connectivity index (χ0n) is 14.3. The molecule has 0 heterocycles. The van der Waals surface area contributed by atoms with Crippen molar-refractivity contribution in [3.8, 4) is 0 Å². The van der Waals surface area contributed by atoms with Crippen molar-refractivity contribution in [2.45, 2.75) is 46.3 Å². The van der Waals surface area contributed by atoms with E-state index in [1.807, 2.05) is 6.07 Å². The lowest BCUT2D eigenvalue weighted by atomic mass is 10.1. The smallest absolute Gasteiger partial charge is 0.0415 e. The first-order chi connectivity index (χ1) is 9.85.